The van der Waals surface area contributed by atoms with Crippen LogP contribution in [0.15, 0.2) is 18.5 Å². The fourth-order valence-corrected chi connectivity index (χ4v) is 1.11. The monoisotopic (exact) mass is 264 g/mol. The Morgan fingerprint density at radius 2 is 1.95 bits per heavy atom. The molecule has 0 aliphatic carbocycles. The molecule has 0 aliphatic heterocycles. The number of pyridine rings is 1. The van der Waals surface area contributed by atoms with Gasteiger partial charge in [-0.25, -0.2) is 4.79 Å². The predicted octanol–water partition coefficient (Wildman–Crippen LogP) is 0.679. The molecule has 0 aromatic carbocycles. The molecule has 1 aromatic rings. The first kappa shape index (κ1) is 15.7. The largest absolute Gasteiger partial charge is 0.465 e. The van der Waals surface area contributed by atoms with Crippen molar-refractivity contribution in [3.8, 4) is 0 Å². The van der Waals surface area contributed by atoms with Gasteiger partial charge in [-0.05, 0) is 39.2 Å². The summed E-state index contributed by atoms with van der Waals surface area (Å²) in [5.41, 5.74) is -0.799. The standard InChI is InChI=1S/C13H19BNO4/c1-12(2,17)13(3,4)19-14-10-6-9(7-15-8-10)11(16)18-5/h6-8,17H,1-5H3. The maximum absolute atomic E-state index is 11.4. The third-order valence-corrected chi connectivity index (χ3v) is 3.14. The summed E-state index contributed by atoms with van der Waals surface area (Å²) in [7, 11) is 2.78. The van der Waals surface area contributed by atoms with Crippen molar-refractivity contribution < 1.29 is 19.3 Å². The first-order chi connectivity index (χ1) is 8.67. The van der Waals surface area contributed by atoms with E-state index in [1.54, 1.807) is 40.0 Å². The van der Waals surface area contributed by atoms with E-state index in [1.165, 1.54) is 20.8 Å². The van der Waals surface area contributed by atoms with Gasteiger partial charge in [0.15, 0.2) is 0 Å². The van der Waals surface area contributed by atoms with E-state index in [0.29, 0.717) is 11.0 Å². The number of rotatable bonds is 5. The quantitative estimate of drug-likeness (QED) is 0.625. The molecule has 0 atom stereocenters. The zero-order valence-electron chi connectivity index (χ0n) is 11.9. The number of carbonyl (C=O) groups excluding carboxylic acids is 1. The molecule has 0 unspecified atom stereocenters. The number of aliphatic hydroxyl groups is 1. The van der Waals surface area contributed by atoms with E-state index < -0.39 is 17.2 Å². The van der Waals surface area contributed by atoms with Crippen LogP contribution in [0.1, 0.15) is 38.1 Å². The minimum Gasteiger partial charge on any atom is -0.465 e. The molecule has 0 spiro atoms. The summed E-state index contributed by atoms with van der Waals surface area (Å²) in [4.78, 5) is 15.3. The van der Waals surface area contributed by atoms with Gasteiger partial charge in [-0.1, -0.05) is 0 Å². The maximum Gasteiger partial charge on any atom is 0.339 e. The summed E-state index contributed by atoms with van der Waals surface area (Å²) in [6.07, 6.45) is 2.98. The van der Waals surface area contributed by atoms with Crippen LogP contribution in [0.5, 0.6) is 0 Å². The highest BCUT2D eigenvalue weighted by atomic mass is 16.5. The van der Waals surface area contributed by atoms with Crippen molar-refractivity contribution in [2.45, 2.75) is 38.9 Å². The number of hydrogen-bond donors (Lipinski definition) is 1. The number of esters is 1. The van der Waals surface area contributed by atoms with Gasteiger partial charge in [0.2, 0.25) is 0 Å². The number of hydrogen-bond acceptors (Lipinski definition) is 5. The van der Waals surface area contributed by atoms with Crippen LogP contribution >= 0.6 is 0 Å². The minimum absolute atomic E-state index is 0.348. The average Bonchev–Trinajstić information content (AvgIpc) is 2.34. The Hall–Kier alpha value is -1.40. The van der Waals surface area contributed by atoms with E-state index in [-0.39, 0.29) is 0 Å². The smallest absolute Gasteiger partial charge is 0.339 e. The third kappa shape index (κ3) is 4.04. The zero-order valence-corrected chi connectivity index (χ0v) is 11.9. The van der Waals surface area contributed by atoms with Crippen molar-refractivity contribution in [2.24, 2.45) is 0 Å². The summed E-state index contributed by atoms with van der Waals surface area (Å²) < 4.78 is 10.2. The topological polar surface area (TPSA) is 68.7 Å². The van der Waals surface area contributed by atoms with E-state index >= 15 is 0 Å². The van der Waals surface area contributed by atoms with E-state index in [2.05, 4.69) is 9.72 Å². The Bertz CT molecular complexity index is 454. The van der Waals surface area contributed by atoms with Crippen LogP contribution in [0.4, 0.5) is 0 Å². The second kappa shape index (κ2) is 5.71. The molecule has 0 saturated heterocycles. The summed E-state index contributed by atoms with van der Waals surface area (Å²) in [6, 6.07) is 1.61. The van der Waals surface area contributed by atoms with E-state index in [4.69, 9.17) is 4.65 Å². The van der Waals surface area contributed by atoms with Crippen molar-refractivity contribution in [1.29, 1.82) is 0 Å². The molecular weight excluding hydrogens is 245 g/mol. The van der Waals surface area contributed by atoms with Crippen molar-refractivity contribution in [2.75, 3.05) is 7.11 Å². The van der Waals surface area contributed by atoms with E-state index in [1.807, 2.05) is 0 Å². The molecule has 0 aliphatic rings. The Morgan fingerprint density at radius 1 is 1.32 bits per heavy atom. The molecule has 19 heavy (non-hydrogen) atoms. The summed E-state index contributed by atoms with van der Waals surface area (Å²) in [5.74, 6) is -0.454. The van der Waals surface area contributed by atoms with Gasteiger partial charge in [-0.3, -0.25) is 4.98 Å². The van der Waals surface area contributed by atoms with Gasteiger partial charge < -0.3 is 14.5 Å². The van der Waals surface area contributed by atoms with Gasteiger partial charge in [0.1, 0.15) is 0 Å². The second-order valence-electron chi connectivity index (χ2n) is 5.30. The van der Waals surface area contributed by atoms with Crippen LogP contribution in [0.3, 0.4) is 0 Å². The van der Waals surface area contributed by atoms with Gasteiger partial charge in [-0.2, -0.15) is 0 Å². The van der Waals surface area contributed by atoms with Crippen molar-refractivity contribution in [3.63, 3.8) is 0 Å². The molecule has 5 nitrogen and oxygen atoms in total. The lowest BCUT2D eigenvalue weighted by molar-refractivity contribution is -0.0893. The molecular formula is C13H19BNO4. The van der Waals surface area contributed by atoms with Crippen molar-refractivity contribution >= 4 is 18.9 Å². The first-order valence-corrected chi connectivity index (χ1v) is 5.94. The van der Waals surface area contributed by atoms with Gasteiger partial charge in [0.05, 0.1) is 23.9 Å². The van der Waals surface area contributed by atoms with Crippen molar-refractivity contribution in [1.82, 2.24) is 4.98 Å². The number of methoxy groups -OCH3 is 1. The lowest BCUT2D eigenvalue weighted by Gasteiger charge is -2.37. The molecule has 1 heterocycles. The van der Waals surface area contributed by atoms with E-state index in [9.17, 15) is 9.90 Å². The van der Waals surface area contributed by atoms with Crippen LogP contribution in [0.2, 0.25) is 0 Å². The Labute approximate surface area is 114 Å². The molecule has 1 radical (unpaired) electrons. The summed E-state index contributed by atoms with van der Waals surface area (Å²) in [5, 5.41) is 9.97. The molecule has 0 bridgehead atoms. The summed E-state index contributed by atoms with van der Waals surface area (Å²) in [6.45, 7) is 6.90. The first-order valence-electron chi connectivity index (χ1n) is 5.94. The van der Waals surface area contributed by atoms with Gasteiger partial charge in [0, 0.05) is 12.4 Å². The molecule has 6 heteroatoms. The number of carbonyl (C=O) groups is 1. The number of nitrogens with zero attached hydrogens (tertiary/aromatic N) is 1. The predicted molar refractivity (Wildman–Crippen MR) is 72.4 cm³/mol. The normalized spacial score (nSPS) is 12.1. The van der Waals surface area contributed by atoms with Gasteiger partial charge in [-0.15, -0.1) is 0 Å². The minimum atomic E-state index is -1.00. The fourth-order valence-electron chi connectivity index (χ4n) is 1.11. The lowest BCUT2D eigenvalue weighted by atomic mass is 9.83. The molecule has 1 aromatic heterocycles. The van der Waals surface area contributed by atoms with Crippen LogP contribution in [-0.2, 0) is 9.39 Å². The summed E-state index contributed by atoms with van der Waals surface area (Å²) >= 11 is 0. The molecule has 0 amide bonds. The number of ether oxygens (including phenoxy) is 1. The molecule has 0 fully saturated rings. The SMILES string of the molecule is COC(=O)c1cncc([B]OC(C)(C)C(C)(C)O)c1. The van der Waals surface area contributed by atoms with Crippen LogP contribution in [0, 0.1) is 0 Å². The average molecular weight is 264 g/mol. The zero-order chi connectivity index (χ0) is 14.7. The van der Waals surface area contributed by atoms with Gasteiger partial charge >= 0.3 is 13.5 Å². The molecule has 0 saturated carbocycles. The Kier molecular flexibility index (Phi) is 4.71. The maximum atomic E-state index is 11.4. The molecule has 103 valence electrons. The highest BCUT2D eigenvalue weighted by Crippen LogP contribution is 2.24. The Balaban J connectivity index is 2.76. The second-order valence-corrected chi connectivity index (χ2v) is 5.30. The van der Waals surface area contributed by atoms with Crippen LogP contribution in [-0.4, -0.2) is 41.9 Å². The van der Waals surface area contributed by atoms with Gasteiger partial charge in [0.25, 0.3) is 0 Å². The fraction of sp³-hybridized carbons (Fsp3) is 0.538. The molecule has 1 rings (SSSR count). The molecule has 1 N–H and O–H groups in total. The highest BCUT2D eigenvalue weighted by molar-refractivity contribution is 6.47. The Morgan fingerprint density at radius 3 is 2.47 bits per heavy atom. The third-order valence-electron chi connectivity index (χ3n) is 3.14. The van der Waals surface area contributed by atoms with Crippen molar-refractivity contribution in [3.05, 3.63) is 24.0 Å². The number of aromatic nitrogens is 1. The highest BCUT2D eigenvalue weighted by Gasteiger charge is 2.35. The van der Waals surface area contributed by atoms with Crippen LogP contribution < -0.4 is 5.46 Å². The van der Waals surface area contributed by atoms with Crippen LogP contribution in [0.25, 0.3) is 0 Å². The lowest BCUT2D eigenvalue weighted by Crippen LogP contribution is -2.49. The van der Waals surface area contributed by atoms with E-state index in [0.717, 1.165) is 0 Å².